The zero-order valence-corrected chi connectivity index (χ0v) is 16.7. The van der Waals surface area contributed by atoms with Crippen molar-refractivity contribution in [2.24, 2.45) is 0 Å². The van der Waals surface area contributed by atoms with E-state index in [1.54, 1.807) is 0 Å². The summed E-state index contributed by atoms with van der Waals surface area (Å²) in [6, 6.07) is 10.7. The lowest BCUT2D eigenvalue weighted by atomic mass is 9.91. The van der Waals surface area contributed by atoms with Crippen molar-refractivity contribution in [3.63, 3.8) is 0 Å². The number of hydrogen-bond donors (Lipinski definition) is 1. The van der Waals surface area contributed by atoms with E-state index < -0.39 is 0 Å². The van der Waals surface area contributed by atoms with E-state index in [-0.39, 0.29) is 6.04 Å². The maximum Gasteiger partial charge on any atom is 0.0513 e. The molecule has 1 N–H and O–H groups in total. The molecule has 0 aliphatic carbocycles. The Morgan fingerprint density at radius 1 is 1.08 bits per heavy atom. The van der Waals surface area contributed by atoms with Gasteiger partial charge in [-0.15, -0.1) is 0 Å². The molecule has 0 spiro atoms. The van der Waals surface area contributed by atoms with E-state index in [0.717, 1.165) is 12.8 Å². The van der Waals surface area contributed by atoms with Crippen molar-refractivity contribution in [2.75, 3.05) is 7.05 Å². The van der Waals surface area contributed by atoms with Crippen LogP contribution in [0.25, 0.3) is 0 Å². The maximum atomic E-state index is 3.90. The molecule has 0 saturated carbocycles. The molecule has 0 fully saturated rings. The van der Waals surface area contributed by atoms with Gasteiger partial charge < -0.3 is 5.32 Å². The maximum absolute atomic E-state index is 3.90. The third kappa shape index (κ3) is 6.85. The average molecular weight is 348 g/mol. The van der Waals surface area contributed by atoms with Crippen LogP contribution in [0.1, 0.15) is 45.2 Å². The summed E-state index contributed by atoms with van der Waals surface area (Å²) in [7, 11) is 2.00. The standard InChI is InChI=1S/C25H33N/c1-6-10-17-22(16-9-4)24(21(14-7-2)15-8-3)20-25(26-5)23-18-12-11-13-19-23/h7-8,10-20,25-26H,2,6,9H2,1,3-5H3/b15-8-,17-10-,21-14+,22-16+,24-20-. The molecule has 0 heterocycles. The largest absolute Gasteiger partial charge is 0.310 e. The molecule has 1 nitrogen and oxygen atoms in total. The summed E-state index contributed by atoms with van der Waals surface area (Å²) in [6.07, 6.45) is 19.2. The fourth-order valence-corrected chi connectivity index (χ4v) is 2.81. The molecule has 1 unspecified atom stereocenters. The van der Waals surface area contributed by atoms with Crippen LogP contribution in [0, 0.1) is 0 Å². The van der Waals surface area contributed by atoms with Gasteiger partial charge >= 0.3 is 0 Å². The number of rotatable bonds is 10. The molecule has 26 heavy (non-hydrogen) atoms. The Hall–Kier alpha value is -2.38. The van der Waals surface area contributed by atoms with Gasteiger partial charge in [0.25, 0.3) is 0 Å². The predicted molar refractivity (Wildman–Crippen MR) is 117 cm³/mol. The Labute approximate surface area is 160 Å². The second-order valence-corrected chi connectivity index (χ2v) is 5.99. The summed E-state index contributed by atoms with van der Waals surface area (Å²) in [6.45, 7) is 10.3. The summed E-state index contributed by atoms with van der Waals surface area (Å²) < 4.78 is 0. The number of hydrogen-bond acceptors (Lipinski definition) is 1. The van der Waals surface area contributed by atoms with Gasteiger partial charge in [-0.25, -0.2) is 0 Å². The zero-order valence-electron chi connectivity index (χ0n) is 16.7. The van der Waals surface area contributed by atoms with Crippen molar-refractivity contribution in [2.45, 2.75) is 39.7 Å². The third-order valence-corrected chi connectivity index (χ3v) is 4.03. The highest BCUT2D eigenvalue weighted by Gasteiger charge is 2.12. The summed E-state index contributed by atoms with van der Waals surface area (Å²) in [5.41, 5.74) is 4.88. The van der Waals surface area contributed by atoms with Crippen molar-refractivity contribution < 1.29 is 0 Å². The Morgan fingerprint density at radius 2 is 1.81 bits per heavy atom. The van der Waals surface area contributed by atoms with Crippen LogP contribution in [0.15, 0.2) is 102 Å². The van der Waals surface area contributed by atoms with Crippen molar-refractivity contribution in [1.82, 2.24) is 5.32 Å². The van der Waals surface area contributed by atoms with E-state index in [1.807, 2.05) is 20.0 Å². The van der Waals surface area contributed by atoms with Crippen LogP contribution >= 0.6 is 0 Å². The molecule has 0 amide bonds. The van der Waals surface area contributed by atoms with E-state index in [2.05, 4.69) is 98.6 Å². The molecular weight excluding hydrogens is 314 g/mol. The molecule has 0 bridgehead atoms. The molecule has 0 aromatic heterocycles. The lowest BCUT2D eigenvalue weighted by molar-refractivity contribution is 0.711. The second kappa shape index (κ2) is 12.9. The topological polar surface area (TPSA) is 12.0 Å². The first-order valence-electron chi connectivity index (χ1n) is 9.48. The highest BCUT2D eigenvalue weighted by Crippen LogP contribution is 2.27. The first-order valence-corrected chi connectivity index (χ1v) is 9.48. The summed E-state index contributed by atoms with van der Waals surface area (Å²) >= 11 is 0. The van der Waals surface area contributed by atoms with Gasteiger partial charge in [0.05, 0.1) is 6.04 Å². The summed E-state index contributed by atoms with van der Waals surface area (Å²) in [4.78, 5) is 0. The minimum absolute atomic E-state index is 0.139. The summed E-state index contributed by atoms with van der Waals surface area (Å²) in [5, 5.41) is 3.44. The minimum Gasteiger partial charge on any atom is -0.310 e. The van der Waals surface area contributed by atoms with Crippen molar-refractivity contribution >= 4 is 0 Å². The molecule has 0 aliphatic rings. The quantitative estimate of drug-likeness (QED) is 0.456. The first-order chi connectivity index (χ1) is 12.7. The molecule has 138 valence electrons. The number of likely N-dealkylation sites (N-methyl/N-ethyl adjacent to an activating group) is 1. The second-order valence-electron chi connectivity index (χ2n) is 5.99. The Morgan fingerprint density at radius 3 is 2.35 bits per heavy atom. The Balaban J connectivity index is 3.55. The molecule has 0 radical (unpaired) electrons. The van der Waals surface area contributed by atoms with Crippen molar-refractivity contribution in [3.05, 3.63) is 108 Å². The SMILES string of the molecule is C=C/C=C(\C=C/C)C(=C/C(NC)c1ccccc1)/C(/C=C\CC)=C/CC. The lowest BCUT2D eigenvalue weighted by Gasteiger charge is -2.18. The van der Waals surface area contributed by atoms with Gasteiger partial charge in [0, 0.05) is 0 Å². The van der Waals surface area contributed by atoms with E-state index in [1.165, 1.54) is 22.3 Å². The Kier molecular flexibility index (Phi) is 10.8. The van der Waals surface area contributed by atoms with E-state index in [4.69, 9.17) is 0 Å². The van der Waals surface area contributed by atoms with Crippen LogP contribution in [-0.2, 0) is 0 Å². The fourth-order valence-electron chi connectivity index (χ4n) is 2.81. The van der Waals surface area contributed by atoms with Gasteiger partial charge in [-0.3, -0.25) is 0 Å². The number of allylic oxidation sites excluding steroid dienone is 10. The van der Waals surface area contributed by atoms with Crippen LogP contribution in [-0.4, -0.2) is 7.05 Å². The smallest absolute Gasteiger partial charge is 0.0513 e. The van der Waals surface area contributed by atoms with Gasteiger partial charge in [0.1, 0.15) is 0 Å². The zero-order chi connectivity index (χ0) is 19.2. The fraction of sp³-hybridized carbons (Fsp3) is 0.280. The molecule has 1 atom stereocenters. The van der Waals surface area contributed by atoms with Crippen LogP contribution in [0.4, 0.5) is 0 Å². The van der Waals surface area contributed by atoms with Crippen molar-refractivity contribution in [1.29, 1.82) is 0 Å². The van der Waals surface area contributed by atoms with Gasteiger partial charge in [0.2, 0.25) is 0 Å². The monoisotopic (exact) mass is 347 g/mol. The molecule has 1 heteroatoms. The average Bonchev–Trinajstić information content (AvgIpc) is 2.67. The first kappa shape index (κ1) is 21.7. The molecule has 0 saturated heterocycles. The van der Waals surface area contributed by atoms with Crippen LogP contribution in [0.2, 0.25) is 0 Å². The van der Waals surface area contributed by atoms with Crippen LogP contribution in [0.5, 0.6) is 0 Å². The molecule has 1 rings (SSSR count). The Bertz CT molecular complexity index is 684. The number of benzene rings is 1. The molecule has 1 aromatic carbocycles. The van der Waals surface area contributed by atoms with Gasteiger partial charge in [-0.1, -0.05) is 99.4 Å². The van der Waals surface area contributed by atoms with Crippen LogP contribution < -0.4 is 5.32 Å². The summed E-state index contributed by atoms with van der Waals surface area (Å²) in [5.74, 6) is 0. The lowest BCUT2D eigenvalue weighted by Crippen LogP contribution is -2.15. The third-order valence-electron chi connectivity index (χ3n) is 4.03. The molecular formula is C25H33N. The highest BCUT2D eigenvalue weighted by molar-refractivity contribution is 5.57. The van der Waals surface area contributed by atoms with Gasteiger partial charge in [-0.05, 0) is 49.1 Å². The molecule has 0 aliphatic heterocycles. The van der Waals surface area contributed by atoms with E-state index in [0.29, 0.717) is 0 Å². The van der Waals surface area contributed by atoms with E-state index >= 15 is 0 Å². The van der Waals surface area contributed by atoms with E-state index in [9.17, 15) is 0 Å². The normalized spacial score (nSPS) is 15.0. The predicted octanol–water partition coefficient (Wildman–Crippen LogP) is 6.86. The number of nitrogens with one attached hydrogen (secondary N) is 1. The van der Waals surface area contributed by atoms with Gasteiger partial charge in [-0.2, -0.15) is 0 Å². The minimum atomic E-state index is 0.139. The van der Waals surface area contributed by atoms with Crippen LogP contribution in [0.3, 0.4) is 0 Å². The highest BCUT2D eigenvalue weighted by atomic mass is 14.9. The molecule has 1 aromatic rings. The van der Waals surface area contributed by atoms with Gasteiger partial charge in [0.15, 0.2) is 0 Å². The van der Waals surface area contributed by atoms with Crippen molar-refractivity contribution in [3.8, 4) is 0 Å².